The quantitative estimate of drug-likeness (QED) is 0.770. The number of carbonyl (C=O) groups is 1. The van der Waals surface area contributed by atoms with Gasteiger partial charge in [0.1, 0.15) is 5.78 Å². The molecule has 15 heavy (non-hydrogen) atoms. The van der Waals surface area contributed by atoms with Crippen molar-refractivity contribution in [2.45, 2.75) is 44.9 Å². The van der Waals surface area contributed by atoms with Crippen LogP contribution in [0.5, 0.6) is 0 Å². The maximum atomic E-state index is 12.2. The summed E-state index contributed by atoms with van der Waals surface area (Å²) in [4.78, 5) is 12.2. The summed E-state index contributed by atoms with van der Waals surface area (Å²) in [6.07, 6.45) is 8.43. The van der Waals surface area contributed by atoms with Crippen LogP contribution in [0.4, 0.5) is 0 Å². The summed E-state index contributed by atoms with van der Waals surface area (Å²) in [6, 6.07) is 0. The van der Waals surface area contributed by atoms with E-state index in [2.05, 4.69) is 0 Å². The predicted molar refractivity (Wildman–Crippen MR) is 59.3 cm³/mol. The van der Waals surface area contributed by atoms with Crippen molar-refractivity contribution in [3.63, 3.8) is 0 Å². The molecule has 4 aliphatic carbocycles. The topological polar surface area (TPSA) is 43.1 Å². The molecule has 4 rings (SSSR count). The molecule has 4 bridgehead atoms. The fourth-order valence-electron chi connectivity index (χ4n) is 4.85. The van der Waals surface area contributed by atoms with Gasteiger partial charge < -0.3 is 5.73 Å². The second kappa shape index (κ2) is 3.31. The van der Waals surface area contributed by atoms with Gasteiger partial charge in [-0.25, -0.2) is 0 Å². The number of ketones is 1. The molecule has 0 spiro atoms. The Morgan fingerprint density at radius 1 is 1.07 bits per heavy atom. The summed E-state index contributed by atoms with van der Waals surface area (Å²) in [7, 11) is 0. The Morgan fingerprint density at radius 2 is 1.53 bits per heavy atom. The molecule has 0 saturated heterocycles. The minimum Gasteiger partial charge on any atom is -0.330 e. The highest BCUT2D eigenvalue weighted by molar-refractivity contribution is 5.85. The predicted octanol–water partition coefficient (Wildman–Crippen LogP) is 2.12. The molecule has 4 saturated carbocycles. The van der Waals surface area contributed by atoms with Gasteiger partial charge in [-0.15, -0.1) is 0 Å². The molecule has 0 atom stereocenters. The van der Waals surface area contributed by atoms with Gasteiger partial charge in [0.05, 0.1) is 0 Å². The molecule has 2 nitrogen and oxygen atoms in total. The molecule has 0 unspecified atom stereocenters. The molecule has 0 heterocycles. The van der Waals surface area contributed by atoms with Gasteiger partial charge in [-0.3, -0.25) is 4.79 Å². The molecule has 84 valence electrons. The van der Waals surface area contributed by atoms with Crippen molar-refractivity contribution in [1.29, 1.82) is 0 Å². The lowest BCUT2D eigenvalue weighted by Crippen LogP contribution is -2.50. The Hall–Kier alpha value is -0.370. The molecule has 2 N–H and O–H groups in total. The first kappa shape index (κ1) is 9.83. The maximum Gasteiger partial charge on any atom is 0.140 e. The van der Waals surface area contributed by atoms with Crippen molar-refractivity contribution < 1.29 is 4.79 Å². The molecule has 0 amide bonds. The number of carbonyl (C=O) groups excluding carboxylic acids is 1. The second-order valence-corrected chi connectivity index (χ2v) is 6.16. The zero-order valence-corrected chi connectivity index (χ0v) is 9.37. The molecular formula is C13H21NO. The van der Waals surface area contributed by atoms with E-state index in [9.17, 15) is 4.79 Å². The van der Waals surface area contributed by atoms with Crippen molar-refractivity contribution >= 4 is 5.78 Å². The third-order valence-electron chi connectivity index (χ3n) is 5.00. The van der Waals surface area contributed by atoms with Crippen molar-refractivity contribution in [1.82, 2.24) is 0 Å². The van der Waals surface area contributed by atoms with E-state index in [1.165, 1.54) is 38.5 Å². The Morgan fingerprint density at radius 3 is 1.93 bits per heavy atom. The van der Waals surface area contributed by atoms with Crippen molar-refractivity contribution in [3.8, 4) is 0 Å². The minimum absolute atomic E-state index is 0.0914. The normalized spacial score (nSPS) is 47.1. The van der Waals surface area contributed by atoms with Gasteiger partial charge in [-0.05, 0) is 62.8 Å². The van der Waals surface area contributed by atoms with Crippen molar-refractivity contribution in [3.05, 3.63) is 0 Å². The number of hydrogen-bond acceptors (Lipinski definition) is 2. The summed E-state index contributed by atoms with van der Waals surface area (Å²) in [5, 5.41) is 0. The Labute approximate surface area is 91.6 Å². The van der Waals surface area contributed by atoms with E-state index >= 15 is 0 Å². The first-order chi connectivity index (χ1) is 7.22. The van der Waals surface area contributed by atoms with E-state index in [4.69, 9.17) is 5.73 Å². The van der Waals surface area contributed by atoms with E-state index in [0.717, 1.165) is 17.8 Å². The lowest BCUT2D eigenvalue weighted by molar-refractivity contribution is -0.143. The lowest BCUT2D eigenvalue weighted by atomic mass is 9.48. The van der Waals surface area contributed by atoms with Crippen LogP contribution in [0.25, 0.3) is 0 Å². The number of nitrogens with two attached hydrogens (primary N) is 1. The summed E-state index contributed by atoms with van der Waals surface area (Å²) >= 11 is 0. The molecule has 4 fully saturated rings. The largest absolute Gasteiger partial charge is 0.330 e. The molecule has 0 radical (unpaired) electrons. The van der Waals surface area contributed by atoms with Crippen LogP contribution >= 0.6 is 0 Å². The molecule has 0 aromatic carbocycles. The molecule has 0 aromatic rings. The van der Waals surface area contributed by atoms with Gasteiger partial charge in [0, 0.05) is 11.8 Å². The summed E-state index contributed by atoms with van der Waals surface area (Å²) in [5.74, 6) is 3.11. The highest BCUT2D eigenvalue weighted by atomic mass is 16.1. The lowest BCUT2D eigenvalue weighted by Gasteiger charge is -2.56. The van der Waals surface area contributed by atoms with Crippen molar-refractivity contribution in [2.24, 2.45) is 28.9 Å². The van der Waals surface area contributed by atoms with E-state index in [-0.39, 0.29) is 5.41 Å². The van der Waals surface area contributed by atoms with Gasteiger partial charge >= 0.3 is 0 Å². The van der Waals surface area contributed by atoms with Crippen LogP contribution in [-0.4, -0.2) is 12.3 Å². The highest BCUT2D eigenvalue weighted by Gasteiger charge is 2.53. The van der Waals surface area contributed by atoms with Gasteiger partial charge in [0.25, 0.3) is 0 Å². The third kappa shape index (κ3) is 1.45. The van der Waals surface area contributed by atoms with Crippen LogP contribution in [0.15, 0.2) is 0 Å². The molecule has 0 aliphatic heterocycles. The number of Topliss-reactive ketones (excluding diaryl/α,β-unsaturated/α-hetero) is 1. The van der Waals surface area contributed by atoms with Crippen LogP contribution in [-0.2, 0) is 4.79 Å². The van der Waals surface area contributed by atoms with Crippen LogP contribution in [0.3, 0.4) is 0 Å². The van der Waals surface area contributed by atoms with Crippen LogP contribution < -0.4 is 5.73 Å². The average Bonchev–Trinajstić information content (AvgIpc) is 2.15. The first-order valence-corrected chi connectivity index (χ1v) is 6.45. The summed E-state index contributed by atoms with van der Waals surface area (Å²) < 4.78 is 0. The SMILES string of the molecule is NCCC(=O)C12CC3CC(CC(C3)C1)C2. The number of hydrogen-bond donors (Lipinski definition) is 1. The minimum atomic E-state index is 0.0914. The highest BCUT2D eigenvalue weighted by Crippen LogP contribution is 2.60. The van der Waals surface area contributed by atoms with Crippen molar-refractivity contribution in [2.75, 3.05) is 6.54 Å². The zero-order chi connectivity index (χ0) is 10.5. The van der Waals surface area contributed by atoms with E-state index in [1.807, 2.05) is 0 Å². The first-order valence-electron chi connectivity index (χ1n) is 6.45. The summed E-state index contributed by atoms with van der Waals surface area (Å²) in [6.45, 7) is 0.542. The monoisotopic (exact) mass is 207 g/mol. The fraction of sp³-hybridized carbons (Fsp3) is 0.923. The van der Waals surface area contributed by atoms with E-state index in [0.29, 0.717) is 18.7 Å². The average molecular weight is 207 g/mol. The Bertz CT molecular complexity index is 249. The molecule has 0 aromatic heterocycles. The zero-order valence-electron chi connectivity index (χ0n) is 9.37. The van der Waals surface area contributed by atoms with Gasteiger partial charge in [-0.1, -0.05) is 0 Å². The van der Waals surface area contributed by atoms with Gasteiger partial charge in [0.15, 0.2) is 0 Å². The van der Waals surface area contributed by atoms with E-state index < -0.39 is 0 Å². The van der Waals surface area contributed by atoms with Gasteiger partial charge in [0.2, 0.25) is 0 Å². The second-order valence-electron chi connectivity index (χ2n) is 6.16. The smallest absolute Gasteiger partial charge is 0.140 e. The molecule has 2 heteroatoms. The Kier molecular flexibility index (Phi) is 2.17. The standard InChI is InChI=1S/C13H21NO/c14-2-1-12(15)13-6-9-3-10(7-13)5-11(4-9)8-13/h9-11H,1-8,14H2. The summed E-state index contributed by atoms with van der Waals surface area (Å²) in [5.41, 5.74) is 5.62. The van der Waals surface area contributed by atoms with Gasteiger partial charge in [-0.2, -0.15) is 0 Å². The van der Waals surface area contributed by atoms with Crippen LogP contribution in [0, 0.1) is 23.2 Å². The van der Waals surface area contributed by atoms with Crippen LogP contribution in [0.1, 0.15) is 44.9 Å². The number of rotatable bonds is 3. The third-order valence-corrected chi connectivity index (χ3v) is 5.00. The fourth-order valence-corrected chi connectivity index (χ4v) is 4.85. The molecular weight excluding hydrogens is 186 g/mol. The molecule has 4 aliphatic rings. The van der Waals surface area contributed by atoms with Crippen LogP contribution in [0.2, 0.25) is 0 Å². The van der Waals surface area contributed by atoms with E-state index in [1.54, 1.807) is 0 Å². The maximum absolute atomic E-state index is 12.2. The Balaban J connectivity index is 1.83.